The van der Waals surface area contributed by atoms with Crippen molar-refractivity contribution < 1.29 is 28.7 Å². The minimum absolute atomic E-state index is 0.0209. The van der Waals surface area contributed by atoms with Gasteiger partial charge in [-0.2, -0.15) is 0 Å². The lowest BCUT2D eigenvalue weighted by Gasteiger charge is -2.16. The minimum Gasteiger partial charge on any atom is -0.493 e. The van der Waals surface area contributed by atoms with Crippen molar-refractivity contribution in [2.24, 2.45) is 0 Å². The van der Waals surface area contributed by atoms with Crippen molar-refractivity contribution >= 4 is 29.4 Å². The van der Waals surface area contributed by atoms with Crippen LogP contribution in [0.4, 0.5) is 5.69 Å². The summed E-state index contributed by atoms with van der Waals surface area (Å²) in [6.07, 6.45) is 0. The normalized spacial score (nSPS) is 12.3. The summed E-state index contributed by atoms with van der Waals surface area (Å²) in [6.45, 7) is 3.52. The molecule has 3 aromatic carbocycles. The number of fused-ring (bicyclic) bond motifs is 1. The summed E-state index contributed by atoms with van der Waals surface area (Å²) in [5.41, 5.74) is 2.99. The lowest BCUT2D eigenvalue weighted by Crippen LogP contribution is -2.29. The Kier molecular flexibility index (Phi) is 6.91. The molecule has 3 aromatic rings. The topological polar surface area (TPSA) is 102 Å². The predicted octanol–water partition coefficient (Wildman–Crippen LogP) is 3.99. The summed E-state index contributed by atoms with van der Waals surface area (Å²) in [4.78, 5) is 51.5. The van der Waals surface area contributed by atoms with E-state index in [-0.39, 0.29) is 17.9 Å². The van der Waals surface area contributed by atoms with Gasteiger partial charge in [0.05, 0.1) is 24.3 Å². The molecule has 1 heterocycles. The number of hydrogen-bond acceptors (Lipinski definition) is 6. The molecule has 4 rings (SSSR count). The predicted molar refractivity (Wildman–Crippen MR) is 128 cm³/mol. The monoisotopic (exact) mass is 472 g/mol. The number of rotatable bonds is 8. The smallest absolute Gasteiger partial charge is 0.342 e. The molecular weight excluding hydrogens is 448 g/mol. The number of carbonyl (C=O) groups excluding carboxylic acids is 4. The van der Waals surface area contributed by atoms with E-state index in [4.69, 9.17) is 9.47 Å². The van der Waals surface area contributed by atoms with Gasteiger partial charge in [-0.15, -0.1) is 0 Å². The second kappa shape index (κ2) is 10.2. The molecule has 8 nitrogen and oxygen atoms in total. The SMILES string of the molecule is CCOc1ccc(CN2C(=O)c3ccccc3C2=O)cc1C(=O)OCC(=O)Nc1ccc(C)cc1. The highest BCUT2D eigenvalue weighted by atomic mass is 16.5. The molecule has 1 N–H and O–H groups in total. The highest BCUT2D eigenvalue weighted by molar-refractivity contribution is 6.21. The zero-order valence-corrected chi connectivity index (χ0v) is 19.4. The van der Waals surface area contributed by atoms with Crippen LogP contribution >= 0.6 is 0 Å². The fraction of sp³-hybridized carbons (Fsp3) is 0.185. The number of nitrogens with zero attached hydrogens (tertiary/aromatic N) is 1. The van der Waals surface area contributed by atoms with Crippen LogP contribution in [0.25, 0.3) is 0 Å². The van der Waals surface area contributed by atoms with E-state index in [0.29, 0.717) is 29.0 Å². The minimum atomic E-state index is -0.753. The number of ether oxygens (including phenoxy) is 2. The summed E-state index contributed by atoms with van der Waals surface area (Å²) in [5.74, 6) is -1.74. The highest BCUT2D eigenvalue weighted by Crippen LogP contribution is 2.27. The van der Waals surface area contributed by atoms with E-state index in [1.54, 1.807) is 55.5 Å². The molecule has 0 saturated heterocycles. The maximum Gasteiger partial charge on any atom is 0.342 e. The third-order valence-corrected chi connectivity index (χ3v) is 5.45. The Labute approximate surface area is 202 Å². The van der Waals surface area contributed by atoms with Crippen molar-refractivity contribution in [2.45, 2.75) is 20.4 Å². The molecular formula is C27H24N2O6. The zero-order valence-electron chi connectivity index (χ0n) is 19.4. The van der Waals surface area contributed by atoms with Gasteiger partial charge in [-0.1, -0.05) is 35.9 Å². The molecule has 35 heavy (non-hydrogen) atoms. The number of carbonyl (C=O) groups is 4. The first-order valence-electron chi connectivity index (χ1n) is 11.1. The van der Waals surface area contributed by atoms with Gasteiger partial charge in [0.2, 0.25) is 0 Å². The lowest BCUT2D eigenvalue weighted by molar-refractivity contribution is -0.119. The van der Waals surface area contributed by atoms with Gasteiger partial charge in [0.1, 0.15) is 11.3 Å². The summed E-state index contributed by atoms with van der Waals surface area (Å²) in [5, 5.41) is 2.66. The fourth-order valence-corrected chi connectivity index (χ4v) is 3.72. The average molecular weight is 472 g/mol. The molecule has 0 unspecified atom stereocenters. The van der Waals surface area contributed by atoms with Crippen LogP contribution < -0.4 is 10.1 Å². The molecule has 1 aliphatic heterocycles. The van der Waals surface area contributed by atoms with Gasteiger partial charge in [0.25, 0.3) is 17.7 Å². The van der Waals surface area contributed by atoms with E-state index in [9.17, 15) is 19.2 Å². The summed E-state index contributed by atoms with van der Waals surface area (Å²) < 4.78 is 10.8. The van der Waals surface area contributed by atoms with E-state index in [1.165, 1.54) is 6.07 Å². The summed E-state index contributed by atoms with van der Waals surface area (Å²) in [7, 11) is 0. The zero-order chi connectivity index (χ0) is 24.9. The molecule has 0 atom stereocenters. The molecule has 0 aliphatic carbocycles. The number of benzene rings is 3. The van der Waals surface area contributed by atoms with Crippen LogP contribution in [0, 0.1) is 6.92 Å². The van der Waals surface area contributed by atoms with Crippen molar-refractivity contribution in [2.75, 3.05) is 18.5 Å². The van der Waals surface area contributed by atoms with Gasteiger partial charge >= 0.3 is 5.97 Å². The molecule has 178 valence electrons. The Hall–Kier alpha value is -4.46. The van der Waals surface area contributed by atoms with Gasteiger partial charge < -0.3 is 14.8 Å². The van der Waals surface area contributed by atoms with E-state index >= 15 is 0 Å². The van der Waals surface area contributed by atoms with E-state index in [0.717, 1.165) is 10.5 Å². The van der Waals surface area contributed by atoms with E-state index in [1.807, 2.05) is 19.1 Å². The first-order chi connectivity index (χ1) is 16.9. The van der Waals surface area contributed by atoms with Gasteiger partial charge in [0.15, 0.2) is 6.61 Å². The largest absolute Gasteiger partial charge is 0.493 e. The molecule has 0 fully saturated rings. The Morgan fingerprint density at radius 2 is 1.57 bits per heavy atom. The van der Waals surface area contributed by atoms with E-state index < -0.39 is 30.3 Å². The Morgan fingerprint density at radius 3 is 2.20 bits per heavy atom. The van der Waals surface area contributed by atoms with Gasteiger partial charge in [-0.05, 0) is 55.8 Å². The Bertz CT molecular complexity index is 1260. The number of aryl methyl sites for hydroxylation is 1. The van der Waals surface area contributed by atoms with Crippen molar-refractivity contribution in [1.29, 1.82) is 0 Å². The third kappa shape index (κ3) is 5.22. The standard InChI is InChI=1S/C27H24N2O6/c1-3-34-23-13-10-18(15-29-25(31)20-6-4-5-7-21(20)26(29)32)14-22(23)27(33)35-16-24(30)28-19-11-8-17(2)9-12-19/h4-14H,3,15-16H2,1-2H3,(H,28,30). The van der Waals surface area contributed by atoms with Crippen LogP contribution in [-0.2, 0) is 16.1 Å². The van der Waals surface area contributed by atoms with Crippen LogP contribution in [0.1, 0.15) is 49.1 Å². The number of hydrogen-bond donors (Lipinski definition) is 1. The quantitative estimate of drug-likeness (QED) is 0.393. The number of amides is 3. The second-order valence-electron chi connectivity index (χ2n) is 8.00. The molecule has 0 spiro atoms. The fourth-order valence-electron chi connectivity index (χ4n) is 3.72. The number of esters is 1. The number of anilines is 1. The van der Waals surface area contributed by atoms with Crippen LogP contribution in [0.3, 0.4) is 0 Å². The van der Waals surface area contributed by atoms with Crippen LogP contribution in [-0.4, -0.2) is 41.8 Å². The number of nitrogens with one attached hydrogen (secondary N) is 1. The lowest BCUT2D eigenvalue weighted by atomic mass is 10.1. The van der Waals surface area contributed by atoms with Gasteiger partial charge in [-0.3, -0.25) is 19.3 Å². The Morgan fingerprint density at radius 1 is 0.914 bits per heavy atom. The van der Waals surface area contributed by atoms with Gasteiger partial charge in [0, 0.05) is 5.69 Å². The Balaban J connectivity index is 1.46. The summed E-state index contributed by atoms with van der Waals surface area (Å²) >= 11 is 0. The van der Waals surface area contributed by atoms with Crippen molar-refractivity contribution in [3.8, 4) is 5.75 Å². The molecule has 8 heteroatoms. The van der Waals surface area contributed by atoms with Crippen molar-refractivity contribution in [3.05, 3.63) is 94.5 Å². The first kappa shape index (κ1) is 23.7. The molecule has 1 aliphatic rings. The van der Waals surface area contributed by atoms with Crippen molar-refractivity contribution in [3.63, 3.8) is 0 Å². The number of imide groups is 1. The molecule has 0 saturated carbocycles. The first-order valence-corrected chi connectivity index (χ1v) is 11.1. The van der Waals surface area contributed by atoms with Crippen LogP contribution in [0.5, 0.6) is 5.75 Å². The van der Waals surface area contributed by atoms with E-state index in [2.05, 4.69) is 5.32 Å². The second-order valence-corrected chi connectivity index (χ2v) is 8.00. The molecule has 3 amide bonds. The van der Waals surface area contributed by atoms with Gasteiger partial charge in [-0.25, -0.2) is 4.79 Å². The molecule has 0 radical (unpaired) electrons. The summed E-state index contributed by atoms with van der Waals surface area (Å²) in [6, 6.07) is 18.6. The molecule has 0 bridgehead atoms. The highest BCUT2D eigenvalue weighted by Gasteiger charge is 2.35. The van der Waals surface area contributed by atoms with Crippen LogP contribution in [0.15, 0.2) is 66.7 Å². The maximum atomic E-state index is 12.8. The maximum absolute atomic E-state index is 12.8. The average Bonchev–Trinajstić information content (AvgIpc) is 3.10. The third-order valence-electron chi connectivity index (χ3n) is 5.45. The molecule has 0 aromatic heterocycles. The van der Waals surface area contributed by atoms with Crippen LogP contribution in [0.2, 0.25) is 0 Å². The van der Waals surface area contributed by atoms with Crippen molar-refractivity contribution in [1.82, 2.24) is 4.90 Å².